The van der Waals surface area contributed by atoms with Crippen LogP contribution in [-0.4, -0.2) is 35.6 Å². The minimum absolute atomic E-state index is 0.00199. The van der Waals surface area contributed by atoms with Gasteiger partial charge in [-0.1, -0.05) is 42.5 Å². The number of hydrogen-bond donors (Lipinski definition) is 1. The lowest BCUT2D eigenvalue weighted by molar-refractivity contribution is -0.135. The molecule has 1 N–H and O–H groups in total. The second kappa shape index (κ2) is 6.52. The Kier molecular flexibility index (Phi) is 4.19. The first-order chi connectivity index (χ1) is 12.6. The van der Waals surface area contributed by atoms with Gasteiger partial charge in [-0.3, -0.25) is 4.79 Å². The summed E-state index contributed by atoms with van der Waals surface area (Å²) in [6, 6.07) is 15.8. The van der Waals surface area contributed by atoms with E-state index in [4.69, 9.17) is 4.74 Å². The van der Waals surface area contributed by atoms with Crippen molar-refractivity contribution in [3.05, 3.63) is 71.0 Å². The van der Waals surface area contributed by atoms with E-state index in [0.29, 0.717) is 18.8 Å². The largest absolute Gasteiger partial charge is 0.511 e. The van der Waals surface area contributed by atoms with E-state index in [1.54, 1.807) is 0 Å². The molecule has 4 rings (SSSR count). The number of ether oxygens (including phenoxy) is 1. The van der Waals surface area contributed by atoms with Crippen molar-refractivity contribution in [3.63, 3.8) is 0 Å². The molecule has 0 bridgehead atoms. The number of piperidine rings is 1. The maximum Gasteiger partial charge on any atom is 0.260 e. The molecule has 1 aliphatic carbocycles. The van der Waals surface area contributed by atoms with Gasteiger partial charge in [-0.25, -0.2) is 0 Å². The molecule has 0 saturated carbocycles. The topological polar surface area (TPSA) is 49.8 Å². The zero-order valence-electron chi connectivity index (χ0n) is 14.9. The number of amides is 1. The molecule has 4 nitrogen and oxygen atoms in total. The summed E-state index contributed by atoms with van der Waals surface area (Å²) in [7, 11) is 0. The second-order valence-corrected chi connectivity index (χ2v) is 7.13. The number of para-hydroxylation sites is 1. The first-order valence-electron chi connectivity index (χ1n) is 9.07. The third-order valence-electron chi connectivity index (χ3n) is 5.67. The minimum atomic E-state index is -0.329. The molecule has 2 aromatic rings. The van der Waals surface area contributed by atoms with E-state index in [2.05, 4.69) is 6.07 Å². The second-order valence-electron chi connectivity index (χ2n) is 7.13. The number of nitrogens with zero attached hydrogens (tertiary/aromatic N) is 1. The number of aliphatic hydroxyl groups is 1. The number of aliphatic hydroxyl groups excluding tert-OH is 1. The van der Waals surface area contributed by atoms with Crippen LogP contribution in [0.3, 0.4) is 0 Å². The van der Waals surface area contributed by atoms with Gasteiger partial charge in [-0.2, -0.15) is 0 Å². The fourth-order valence-corrected chi connectivity index (χ4v) is 4.09. The summed E-state index contributed by atoms with van der Waals surface area (Å²) in [5.41, 5.74) is 2.97. The van der Waals surface area contributed by atoms with Gasteiger partial charge >= 0.3 is 0 Å². The van der Waals surface area contributed by atoms with Crippen molar-refractivity contribution in [2.24, 2.45) is 0 Å². The Labute approximate surface area is 153 Å². The zero-order chi connectivity index (χ0) is 18.1. The Morgan fingerprint density at radius 3 is 2.58 bits per heavy atom. The van der Waals surface area contributed by atoms with Crippen molar-refractivity contribution in [2.75, 3.05) is 19.7 Å². The van der Waals surface area contributed by atoms with Crippen LogP contribution in [-0.2, 0) is 10.2 Å². The first kappa shape index (κ1) is 16.7. The molecule has 0 aromatic heterocycles. The normalized spacial score (nSPS) is 17.7. The van der Waals surface area contributed by atoms with Crippen molar-refractivity contribution in [3.8, 4) is 5.75 Å². The molecule has 2 aromatic carbocycles. The van der Waals surface area contributed by atoms with E-state index in [1.165, 1.54) is 5.56 Å². The van der Waals surface area contributed by atoms with Crippen molar-refractivity contribution in [2.45, 2.75) is 25.2 Å². The van der Waals surface area contributed by atoms with Gasteiger partial charge in [0.25, 0.3) is 5.91 Å². The number of carbonyl (C=O) groups excluding carboxylic acids is 1. The molecular weight excluding hydrogens is 326 g/mol. The average molecular weight is 349 g/mol. The summed E-state index contributed by atoms with van der Waals surface area (Å²) in [6.07, 6.45) is 3.35. The maximum absolute atomic E-state index is 12.5. The number of allylic oxidation sites excluding steroid dienone is 1. The number of aryl methyl sites for hydroxylation is 1. The van der Waals surface area contributed by atoms with E-state index in [-0.39, 0.29) is 17.9 Å². The molecular formula is C22H23NO3. The van der Waals surface area contributed by atoms with E-state index >= 15 is 0 Å². The Balaban J connectivity index is 1.40. The molecule has 4 heteroatoms. The van der Waals surface area contributed by atoms with Gasteiger partial charge in [0.15, 0.2) is 6.61 Å². The van der Waals surface area contributed by atoms with Crippen LogP contribution in [0.1, 0.15) is 29.5 Å². The minimum Gasteiger partial charge on any atom is -0.511 e. The number of hydrogen-bond acceptors (Lipinski definition) is 3. The highest BCUT2D eigenvalue weighted by atomic mass is 16.5. The highest BCUT2D eigenvalue weighted by Gasteiger charge is 2.44. The molecule has 0 atom stereocenters. The Morgan fingerprint density at radius 1 is 1.12 bits per heavy atom. The fourth-order valence-electron chi connectivity index (χ4n) is 4.09. The van der Waals surface area contributed by atoms with Gasteiger partial charge in [0.1, 0.15) is 11.5 Å². The average Bonchev–Trinajstić information content (AvgIpc) is 2.93. The number of benzene rings is 2. The third kappa shape index (κ3) is 2.75. The summed E-state index contributed by atoms with van der Waals surface area (Å²) >= 11 is 0. The Bertz CT molecular complexity index is 863. The lowest BCUT2D eigenvalue weighted by atomic mass is 9.73. The summed E-state index contributed by atoms with van der Waals surface area (Å²) in [5, 5.41) is 10.6. The van der Waals surface area contributed by atoms with Crippen LogP contribution in [0.4, 0.5) is 0 Å². The van der Waals surface area contributed by atoms with Crippen molar-refractivity contribution < 1.29 is 14.6 Å². The Hall–Kier alpha value is -2.75. The van der Waals surface area contributed by atoms with Crippen LogP contribution in [0.15, 0.2) is 54.3 Å². The van der Waals surface area contributed by atoms with Gasteiger partial charge in [0.2, 0.25) is 0 Å². The molecule has 1 spiro atoms. The standard InChI is InChI=1S/C22H23NO3/c1-16-6-2-5-9-19(16)26-15-21(25)23-12-10-22(11-13-23)18-8-4-3-7-17(18)14-20(22)24/h2-9,14,24H,10-13,15H2,1H3. The monoisotopic (exact) mass is 349 g/mol. The lowest BCUT2D eigenvalue weighted by Gasteiger charge is -2.40. The summed E-state index contributed by atoms with van der Waals surface area (Å²) < 4.78 is 5.69. The summed E-state index contributed by atoms with van der Waals surface area (Å²) in [5.74, 6) is 1.18. The molecule has 26 heavy (non-hydrogen) atoms. The third-order valence-corrected chi connectivity index (χ3v) is 5.67. The summed E-state index contributed by atoms with van der Waals surface area (Å²) in [4.78, 5) is 14.4. The molecule has 1 amide bonds. The highest BCUT2D eigenvalue weighted by molar-refractivity contribution is 5.78. The zero-order valence-corrected chi connectivity index (χ0v) is 14.9. The van der Waals surface area contributed by atoms with Gasteiger partial charge in [-0.15, -0.1) is 0 Å². The SMILES string of the molecule is Cc1ccccc1OCC(=O)N1CCC2(CC1)C(O)=Cc1ccccc12. The van der Waals surface area contributed by atoms with Crippen LogP contribution in [0.2, 0.25) is 0 Å². The number of rotatable bonds is 3. The number of carbonyl (C=O) groups is 1. The van der Waals surface area contributed by atoms with Gasteiger partial charge < -0.3 is 14.7 Å². The van der Waals surface area contributed by atoms with Crippen LogP contribution >= 0.6 is 0 Å². The molecule has 1 saturated heterocycles. The quantitative estimate of drug-likeness (QED) is 0.916. The first-order valence-corrected chi connectivity index (χ1v) is 9.07. The smallest absolute Gasteiger partial charge is 0.260 e. The highest BCUT2D eigenvalue weighted by Crippen LogP contribution is 2.47. The number of fused-ring (bicyclic) bond motifs is 2. The van der Waals surface area contributed by atoms with E-state index in [1.807, 2.05) is 60.4 Å². The van der Waals surface area contributed by atoms with Crippen molar-refractivity contribution >= 4 is 12.0 Å². The molecule has 134 valence electrons. The van der Waals surface area contributed by atoms with Gasteiger partial charge in [0, 0.05) is 13.1 Å². The fraction of sp³-hybridized carbons (Fsp3) is 0.318. The number of likely N-dealkylation sites (tertiary alicyclic amines) is 1. The predicted molar refractivity (Wildman–Crippen MR) is 101 cm³/mol. The van der Waals surface area contributed by atoms with Crippen LogP contribution in [0.5, 0.6) is 5.75 Å². The molecule has 0 unspecified atom stereocenters. The molecule has 1 heterocycles. The van der Waals surface area contributed by atoms with E-state index in [9.17, 15) is 9.90 Å². The van der Waals surface area contributed by atoms with E-state index < -0.39 is 0 Å². The van der Waals surface area contributed by atoms with Gasteiger partial charge in [0.05, 0.1) is 5.41 Å². The Morgan fingerprint density at radius 2 is 1.81 bits per heavy atom. The van der Waals surface area contributed by atoms with Crippen LogP contribution < -0.4 is 4.74 Å². The van der Waals surface area contributed by atoms with Crippen LogP contribution in [0, 0.1) is 6.92 Å². The molecule has 1 aliphatic heterocycles. The van der Waals surface area contributed by atoms with Crippen LogP contribution in [0.25, 0.3) is 6.08 Å². The van der Waals surface area contributed by atoms with Gasteiger partial charge in [-0.05, 0) is 48.6 Å². The predicted octanol–water partition coefficient (Wildman–Crippen LogP) is 3.85. The molecule has 2 aliphatic rings. The summed E-state index contributed by atoms with van der Waals surface area (Å²) in [6.45, 7) is 3.28. The van der Waals surface area contributed by atoms with Crippen molar-refractivity contribution in [1.82, 2.24) is 4.90 Å². The lowest BCUT2D eigenvalue weighted by Crippen LogP contribution is -2.46. The molecule has 0 radical (unpaired) electrons. The maximum atomic E-state index is 12.5. The molecule has 1 fully saturated rings. The van der Waals surface area contributed by atoms with Crippen molar-refractivity contribution in [1.29, 1.82) is 0 Å². The van der Waals surface area contributed by atoms with E-state index in [0.717, 1.165) is 29.7 Å².